The molecule has 0 aromatic heterocycles. The van der Waals surface area contributed by atoms with Crippen LogP contribution in [-0.4, -0.2) is 27.3 Å². The van der Waals surface area contributed by atoms with Crippen molar-refractivity contribution < 1.29 is 19.0 Å². The van der Waals surface area contributed by atoms with Crippen LogP contribution in [0.1, 0.15) is 17.2 Å². The summed E-state index contributed by atoms with van der Waals surface area (Å²) in [5.74, 6) is 1.29. The first-order chi connectivity index (χ1) is 11.2. The summed E-state index contributed by atoms with van der Waals surface area (Å²) >= 11 is 1.70. The number of methoxy groups -OCH3 is 3. The average molecular weight is 332 g/mol. The molecule has 2 aromatic carbocycles. The van der Waals surface area contributed by atoms with Gasteiger partial charge in [0.1, 0.15) is 5.75 Å². The van der Waals surface area contributed by atoms with E-state index in [0.717, 1.165) is 22.0 Å². The Morgan fingerprint density at radius 3 is 2.43 bits per heavy atom. The van der Waals surface area contributed by atoms with E-state index in [1.165, 1.54) is 19.8 Å². The lowest BCUT2D eigenvalue weighted by Crippen LogP contribution is -2.15. The lowest BCUT2D eigenvalue weighted by molar-refractivity contribution is -0.152. The zero-order valence-corrected chi connectivity index (χ0v) is 14.3. The molecule has 4 nitrogen and oxygen atoms in total. The van der Waals surface area contributed by atoms with Crippen LogP contribution < -0.4 is 4.74 Å². The van der Waals surface area contributed by atoms with Gasteiger partial charge in [-0.15, -0.1) is 11.8 Å². The molecule has 5 heteroatoms. The average Bonchev–Trinajstić information content (AvgIpc) is 2.61. The highest BCUT2D eigenvalue weighted by molar-refractivity contribution is 7.98. The largest absolute Gasteiger partial charge is 0.497 e. The van der Waals surface area contributed by atoms with Gasteiger partial charge in [0.05, 0.1) is 14.2 Å². The van der Waals surface area contributed by atoms with Crippen LogP contribution in [-0.2, 0) is 20.0 Å². The summed E-state index contributed by atoms with van der Waals surface area (Å²) in [7, 11) is 4.51. The van der Waals surface area contributed by atoms with Crippen LogP contribution in [0.25, 0.3) is 0 Å². The summed E-state index contributed by atoms with van der Waals surface area (Å²) in [6.07, 6.45) is -0.693. The number of carbonyl (C=O) groups is 1. The smallest absolute Gasteiger partial charge is 0.339 e. The molecule has 2 aromatic rings. The Balaban J connectivity index is 2.05. The second kappa shape index (κ2) is 8.60. The Bertz CT molecular complexity index is 640. The molecule has 0 heterocycles. The van der Waals surface area contributed by atoms with Crippen molar-refractivity contribution >= 4 is 17.7 Å². The van der Waals surface area contributed by atoms with Crippen LogP contribution in [0.15, 0.2) is 53.4 Å². The quantitative estimate of drug-likeness (QED) is 0.569. The van der Waals surface area contributed by atoms with Crippen molar-refractivity contribution in [1.29, 1.82) is 0 Å². The molecule has 0 aliphatic heterocycles. The fourth-order valence-corrected chi connectivity index (χ4v) is 3.05. The first-order valence-electron chi connectivity index (χ1n) is 7.14. The summed E-state index contributed by atoms with van der Waals surface area (Å²) in [5.41, 5.74) is 2.00. The predicted molar refractivity (Wildman–Crippen MR) is 90.8 cm³/mol. The maximum absolute atomic E-state index is 11.7. The molecule has 1 unspecified atom stereocenters. The molecule has 0 radical (unpaired) electrons. The van der Waals surface area contributed by atoms with Gasteiger partial charge in [0.25, 0.3) is 0 Å². The number of hydrogen-bond donors (Lipinski definition) is 0. The summed E-state index contributed by atoms with van der Waals surface area (Å²) < 4.78 is 15.2. The van der Waals surface area contributed by atoms with Crippen molar-refractivity contribution in [3.8, 4) is 5.75 Å². The lowest BCUT2D eigenvalue weighted by Gasteiger charge is -2.14. The van der Waals surface area contributed by atoms with Gasteiger partial charge in [-0.1, -0.05) is 24.3 Å². The van der Waals surface area contributed by atoms with E-state index in [0.29, 0.717) is 0 Å². The minimum absolute atomic E-state index is 0.398. The molecule has 0 aliphatic carbocycles. The predicted octanol–water partition coefficient (Wildman–Crippen LogP) is 3.85. The van der Waals surface area contributed by atoms with Gasteiger partial charge in [-0.25, -0.2) is 4.79 Å². The summed E-state index contributed by atoms with van der Waals surface area (Å²) in [6.45, 7) is 0. The van der Waals surface area contributed by atoms with Gasteiger partial charge in [-0.2, -0.15) is 0 Å². The second-order valence-corrected chi connectivity index (χ2v) is 5.90. The number of thioether (sulfide) groups is 1. The Morgan fingerprint density at radius 1 is 1.09 bits per heavy atom. The van der Waals surface area contributed by atoms with Gasteiger partial charge >= 0.3 is 5.97 Å². The first kappa shape index (κ1) is 17.4. The fourth-order valence-electron chi connectivity index (χ4n) is 2.13. The summed E-state index contributed by atoms with van der Waals surface area (Å²) in [6, 6.07) is 15.7. The molecule has 0 N–H and O–H groups in total. The molecule has 0 fully saturated rings. The van der Waals surface area contributed by atoms with Crippen LogP contribution in [0.4, 0.5) is 0 Å². The van der Waals surface area contributed by atoms with Crippen molar-refractivity contribution in [2.24, 2.45) is 0 Å². The highest BCUT2D eigenvalue weighted by Crippen LogP contribution is 2.27. The van der Waals surface area contributed by atoms with E-state index in [1.54, 1.807) is 18.9 Å². The molecule has 0 saturated carbocycles. The van der Waals surface area contributed by atoms with Gasteiger partial charge in [0.15, 0.2) is 6.10 Å². The van der Waals surface area contributed by atoms with Gasteiger partial charge < -0.3 is 14.2 Å². The minimum atomic E-state index is -0.693. The van der Waals surface area contributed by atoms with Gasteiger partial charge in [0, 0.05) is 17.8 Å². The number of carbonyl (C=O) groups excluding carboxylic acids is 1. The standard InChI is InChI=1S/C18H20O4S/c1-20-15-9-7-13(8-10-15)12-23-16-6-4-5-14(11-16)17(21-2)18(19)22-3/h4-11,17H,12H2,1-3H3. The third-order valence-corrected chi connectivity index (χ3v) is 4.44. The van der Waals surface area contributed by atoms with Gasteiger partial charge in [-0.05, 0) is 35.4 Å². The lowest BCUT2D eigenvalue weighted by atomic mass is 10.1. The number of benzene rings is 2. The van der Waals surface area contributed by atoms with E-state index in [4.69, 9.17) is 14.2 Å². The molecule has 0 saturated heterocycles. The molecule has 0 aliphatic rings. The molecular formula is C18H20O4S. The number of rotatable bonds is 7. The first-order valence-corrected chi connectivity index (χ1v) is 8.12. The van der Waals surface area contributed by atoms with E-state index >= 15 is 0 Å². The Kier molecular flexibility index (Phi) is 6.50. The van der Waals surface area contributed by atoms with E-state index in [-0.39, 0.29) is 0 Å². The summed E-state index contributed by atoms with van der Waals surface area (Å²) in [4.78, 5) is 12.8. The van der Waals surface area contributed by atoms with Crippen molar-refractivity contribution in [3.05, 3.63) is 59.7 Å². The zero-order valence-electron chi connectivity index (χ0n) is 13.4. The zero-order chi connectivity index (χ0) is 16.7. The maximum Gasteiger partial charge on any atom is 0.339 e. The molecule has 122 valence electrons. The molecule has 0 bridgehead atoms. The Labute approximate surface area is 140 Å². The molecule has 0 spiro atoms. The monoisotopic (exact) mass is 332 g/mol. The fraction of sp³-hybridized carbons (Fsp3) is 0.278. The van der Waals surface area contributed by atoms with E-state index < -0.39 is 12.1 Å². The topological polar surface area (TPSA) is 44.8 Å². The SMILES string of the molecule is COC(=O)C(OC)c1cccc(SCc2ccc(OC)cc2)c1. The van der Waals surface area contributed by atoms with Crippen molar-refractivity contribution in [2.45, 2.75) is 16.8 Å². The van der Waals surface area contributed by atoms with Crippen LogP contribution >= 0.6 is 11.8 Å². The normalized spacial score (nSPS) is 11.8. The summed E-state index contributed by atoms with van der Waals surface area (Å²) in [5, 5.41) is 0. The molecule has 23 heavy (non-hydrogen) atoms. The molecule has 1 atom stereocenters. The Morgan fingerprint density at radius 2 is 1.83 bits per heavy atom. The maximum atomic E-state index is 11.7. The van der Waals surface area contributed by atoms with E-state index in [2.05, 4.69) is 0 Å². The van der Waals surface area contributed by atoms with Crippen molar-refractivity contribution in [3.63, 3.8) is 0 Å². The number of esters is 1. The van der Waals surface area contributed by atoms with Crippen LogP contribution in [0.2, 0.25) is 0 Å². The van der Waals surface area contributed by atoms with E-state index in [9.17, 15) is 4.79 Å². The molecular weight excluding hydrogens is 312 g/mol. The number of ether oxygens (including phenoxy) is 3. The second-order valence-electron chi connectivity index (χ2n) is 4.85. The highest BCUT2D eigenvalue weighted by Gasteiger charge is 2.20. The minimum Gasteiger partial charge on any atom is -0.497 e. The van der Waals surface area contributed by atoms with Crippen LogP contribution in [0.3, 0.4) is 0 Å². The third-order valence-electron chi connectivity index (χ3n) is 3.38. The van der Waals surface area contributed by atoms with Crippen molar-refractivity contribution in [1.82, 2.24) is 0 Å². The van der Waals surface area contributed by atoms with E-state index in [1.807, 2.05) is 48.5 Å². The van der Waals surface area contributed by atoms with Crippen LogP contribution in [0, 0.1) is 0 Å². The van der Waals surface area contributed by atoms with Crippen molar-refractivity contribution in [2.75, 3.05) is 21.3 Å². The van der Waals surface area contributed by atoms with Gasteiger partial charge in [0.2, 0.25) is 0 Å². The number of hydrogen-bond acceptors (Lipinski definition) is 5. The third kappa shape index (κ3) is 4.74. The highest BCUT2D eigenvalue weighted by atomic mass is 32.2. The van der Waals surface area contributed by atoms with Gasteiger partial charge in [-0.3, -0.25) is 0 Å². The molecule has 2 rings (SSSR count). The van der Waals surface area contributed by atoms with Crippen LogP contribution in [0.5, 0.6) is 5.75 Å². The molecule has 0 amide bonds. The Hall–Kier alpha value is -1.98.